The summed E-state index contributed by atoms with van der Waals surface area (Å²) in [7, 11) is 0. The van der Waals surface area contributed by atoms with Crippen molar-refractivity contribution in [1.29, 1.82) is 5.26 Å². The maximum atomic E-state index is 11.8. The molecule has 0 spiro atoms. The molecular formula is C11H13N3O5. The Morgan fingerprint density at radius 3 is 2.79 bits per heavy atom. The number of rotatable bonds is 2. The smallest absolute Gasteiger partial charge is 0.331 e. The third-order valence-electron chi connectivity index (χ3n) is 3.36. The highest BCUT2D eigenvalue weighted by Crippen LogP contribution is 2.38. The summed E-state index contributed by atoms with van der Waals surface area (Å²) in [6.45, 7) is 1.05. The lowest BCUT2D eigenvalue weighted by Gasteiger charge is -2.27. The number of aromatic nitrogens is 2. The van der Waals surface area contributed by atoms with Crippen LogP contribution < -0.4 is 11.2 Å². The SMILES string of the molecule is C[C@H]1[C@H](O)[C@@H](CO)O[C@@]1(C#N)n1ccc(=O)[nH]c1=O. The van der Waals surface area contributed by atoms with Gasteiger partial charge in [0.25, 0.3) is 5.56 Å². The van der Waals surface area contributed by atoms with Crippen LogP contribution in [0.15, 0.2) is 21.9 Å². The fourth-order valence-corrected chi connectivity index (χ4v) is 2.24. The third-order valence-corrected chi connectivity index (χ3v) is 3.36. The predicted octanol–water partition coefficient (Wildman–Crippen LogP) is -1.90. The van der Waals surface area contributed by atoms with Gasteiger partial charge in [0.05, 0.1) is 12.7 Å². The number of aliphatic hydroxyl groups excluding tert-OH is 2. The quantitative estimate of drug-likeness (QED) is 0.574. The van der Waals surface area contributed by atoms with E-state index in [-0.39, 0.29) is 0 Å². The van der Waals surface area contributed by atoms with Crippen LogP contribution in [-0.4, -0.2) is 38.6 Å². The minimum atomic E-state index is -1.76. The Morgan fingerprint density at radius 1 is 1.63 bits per heavy atom. The molecule has 0 saturated carbocycles. The van der Waals surface area contributed by atoms with Crippen LogP contribution in [0.2, 0.25) is 0 Å². The van der Waals surface area contributed by atoms with Crippen molar-refractivity contribution in [3.05, 3.63) is 33.1 Å². The third kappa shape index (κ3) is 1.88. The van der Waals surface area contributed by atoms with Gasteiger partial charge in [-0.1, -0.05) is 6.92 Å². The molecule has 0 unspecified atom stereocenters. The Labute approximate surface area is 107 Å². The lowest BCUT2D eigenvalue weighted by atomic mass is 9.94. The summed E-state index contributed by atoms with van der Waals surface area (Å²) >= 11 is 0. The molecule has 3 N–H and O–H groups in total. The Morgan fingerprint density at radius 2 is 2.32 bits per heavy atom. The van der Waals surface area contributed by atoms with Gasteiger partial charge in [0.1, 0.15) is 12.2 Å². The number of nitrogens with zero attached hydrogens (tertiary/aromatic N) is 2. The zero-order chi connectivity index (χ0) is 14.2. The van der Waals surface area contributed by atoms with Gasteiger partial charge in [0.2, 0.25) is 5.72 Å². The van der Waals surface area contributed by atoms with Crippen molar-refractivity contribution >= 4 is 0 Å². The van der Waals surface area contributed by atoms with Crippen molar-refractivity contribution in [3.63, 3.8) is 0 Å². The maximum absolute atomic E-state index is 11.8. The Kier molecular flexibility index (Phi) is 3.28. The number of hydrogen-bond donors (Lipinski definition) is 3. The van der Waals surface area contributed by atoms with Crippen LogP contribution in [0, 0.1) is 17.2 Å². The second-order valence-electron chi connectivity index (χ2n) is 4.41. The average molecular weight is 267 g/mol. The van der Waals surface area contributed by atoms with E-state index in [1.54, 1.807) is 0 Å². The number of aromatic amines is 1. The van der Waals surface area contributed by atoms with E-state index in [0.29, 0.717) is 0 Å². The zero-order valence-electron chi connectivity index (χ0n) is 10.1. The van der Waals surface area contributed by atoms with Gasteiger partial charge in [-0.3, -0.25) is 14.3 Å². The van der Waals surface area contributed by atoms with Crippen molar-refractivity contribution in [3.8, 4) is 6.07 Å². The summed E-state index contributed by atoms with van der Waals surface area (Å²) < 4.78 is 6.27. The van der Waals surface area contributed by atoms with Gasteiger partial charge in [-0.15, -0.1) is 0 Å². The van der Waals surface area contributed by atoms with Crippen LogP contribution in [0.1, 0.15) is 6.92 Å². The monoisotopic (exact) mass is 267 g/mol. The number of nitriles is 1. The summed E-state index contributed by atoms with van der Waals surface area (Å²) in [5.74, 6) is -0.752. The van der Waals surface area contributed by atoms with Crippen molar-refractivity contribution < 1.29 is 14.9 Å². The molecule has 8 heteroatoms. The molecule has 2 heterocycles. The zero-order valence-corrected chi connectivity index (χ0v) is 10.1. The van der Waals surface area contributed by atoms with Gasteiger partial charge < -0.3 is 14.9 Å². The molecule has 1 aliphatic heterocycles. The molecule has 0 aromatic carbocycles. The molecule has 1 aromatic rings. The van der Waals surface area contributed by atoms with E-state index in [9.17, 15) is 20.0 Å². The predicted molar refractivity (Wildman–Crippen MR) is 62.0 cm³/mol. The van der Waals surface area contributed by atoms with Gasteiger partial charge in [-0.25, -0.2) is 4.79 Å². The molecule has 0 amide bonds. The highest BCUT2D eigenvalue weighted by molar-refractivity contribution is 5.10. The summed E-state index contributed by atoms with van der Waals surface area (Å²) in [4.78, 5) is 24.8. The van der Waals surface area contributed by atoms with Crippen molar-refractivity contribution in [1.82, 2.24) is 9.55 Å². The lowest BCUT2D eigenvalue weighted by molar-refractivity contribution is -0.0919. The van der Waals surface area contributed by atoms with E-state index in [2.05, 4.69) is 0 Å². The Hall–Kier alpha value is -1.95. The van der Waals surface area contributed by atoms with Crippen molar-refractivity contribution in [2.45, 2.75) is 24.9 Å². The fourth-order valence-electron chi connectivity index (χ4n) is 2.24. The number of nitrogens with one attached hydrogen (secondary N) is 1. The molecule has 1 saturated heterocycles. The van der Waals surface area contributed by atoms with E-state index in [4.69, 9.17) is 9.84 Å². The first-order valence-corrected chi connectivity index (χ1v) is 5.66. The molecule has 102 valence electrons. The van der Waals surface area contributed by atoms with E-state index < -0.39 is 41.7 Å². The molecular weight excluding hydrogens is 254 g/mol. The van der Waals surface area contributed by atoms with E-state index in [0.717, 1.165) is 16.8 Å². The van der Waals surface area contributed by atoms with Gasteiger partial charge >= 0.3 is 5.69 Å². The van der Waals surface area contributed by atoms with E-state index in [1.807, 2.05) is 11.1 Å². The average Bonchev–Trinajstić information content (AvgIpc) is 2.64. The molecule has 0 aliphatic carbocycles. The van der Waals surface area contributed by atoms with E-state index in [1.165, 1.54) is 6.92 Å². The Balaban J connectivity index is 2.59. The van der Waals surface area contributed by atoms with Crippen LogP contribution in [0.3, 0.4) is 0 Å². The number of ether oxygens (including phenoxy) is 1. The van der Waals surface area contributed by atoms with Gasteiger partial charge in [0, 0.05) is 18.2 Å². The molecule has 2 rings (SSSR count). The number of H-pyrrole nitrogens is 1. The lowest BCUT2D eigenvalue weighted by Crippen LogP contribution is -2.46. The molecule has 8 nitrogen and oxygen atoms in total. The number of hydrogen-bond acceptors (Lipinski definition) is 6. The van der Waals surface area contributed by atoms with Crippen LogP contribution in [0.25, 0.3) is 0 Å². The molecule has 4 atom stereocenters. The summed E-state index contributed by atoms with van der Waals surface area (Å²) in [6, 6.07) is 2.92. The summed E-state index contributed by atoms with van der Waals surface area (Å²) in [5, 5.41) is 28.4. The second kappa shape index (κ2) is 4.62. The highest BCUT2D eigenvalue weighted by atomic mass is 16.6. The largest absolute Gasteiger partial charge is 0.394 e. The molecule has 1 fully saturated rings. The topological polar surface area (TPSA) is 128 Å². The molecule has 19 heavy (non-hydrogen) atoms. The Bertz CT molecular complexity index is 630. The van der Waals surface area contributed by atoms with Crippen molar-refractivity contribution in [2.24, 2.45) is 5.92 Å². The van der Waals surface area contributed by atoms with Crippen LogP contribution >= 0.6 is 0 Å². The minimum absolute atomic E-state index is 0.479. The summed E-state index contributed by atoms with van der Waals surface area (Å²) in [6.07, 6.45) is -0.926. The second-order valence-corrected chi connectivity index (χ2v) is 4.41. The maximum Gasteiger partial charge on any atom is 0.331 e. The van der Waals surface area contributed by atoms with E-state index >= 15 is 0 Å². The highest BCUT2D eigenvalue weighted by Gasteiger charge is 2.54. The fraction of sp³-hybridized carbons (Fsp3) is 0.545. The number of aliphatic hydroxyl groups is 2. The van der Waals surface area contributed by atoms with Crippen LogP contribution in [0.5, 0.6) is 0 Å². The standard InChI is InChI=1S/C11H13N3O5/c1-6-9(17)7(4-15)19-11(6,5-12)14-3-2-8(16)13-10(14)18/h2-3,6-7,9,15,17H,4H2,1H3,(H,13,16,18)/t6-,7+,9-,11+/m0/s1. The molecule has 0 bridgehead atoms. The first-order valence-electron chi connectivity index (χ1n) is 5.66. The molecule has 0 radical (unpaired) electrons. The first kappa shape index (κ1) is 13.5. The summed E-state index contributed by atoms with van der Waals surface area (Å²) in [5.41, 5.74) is -3.17. The van der Waals surface area contributed by atoms with Crippen LogP contribution in [0.4, 0.5) is 0 Å². The normalized spacial score (nSPS) is 34.1. The van der Waals surface area contributed by atoms with Gasteiger partial charge in [-0.2, -0.15) is 5.26 Å². The van der Waals surface area contributed by atoms with Crippen LogP contribution in [-0.2, 0) is 10.5 Å². The van der Waals surface area contributed by atoms with Gasteiger partial charge in [0.15, 0.2) is 0 Å². The minimum Gasteiger partial charge on any atom is -0.394 e. The van der Waals surface area contributed by atoms with Crippen molar-refractivity contribution in [2.75, 3.05) is 6.61 Å². The first-order chi connectivity index (χ1) is 8.96. The molecule has 1 aromatic heterocycles. The van der Waals surface area contributed by atoms with Gasteiger partial charge in [-0.05, 0) is 0 Å². The molecule has 1 aliphatic rings.